The highest BCUT2D eigenvalue weighted by Crippen LogP contribution is 2.32. The molecule has 0 saturated heterocycles. The predicted molar refractivity (Wildman–Crippen MR) is 163 cm³/mol. The number of imidazole rings is 1. The molecule has 1 saturated carbocycles. The van der Waals surface area contributed by atoms with Gasteiger partial charge in [-0.05, 0) is 84.6 Å². The molecule has 0 bridgehead atoms. The molecule has 9 heteroatoms. The quantitative estimate of drug-likeness (QED) is 0.201. The van der Waals surface area contributed by atoms with Crippen molar-refractivity contribution in [2.75, 3.05) is 6.61 Å². The second-order valence-corrected chi connectivity index (χ2v) is 18.9. The first-order valence-corrected chi connectivity index (χ1v) is 17.9. The molecule has 2 aromatic rings. The molecule has 216 valence electrons. The van der Waals surface area contributed by atoms with Crippen LogP contribution in [-0.4, -0.2) is 53.7 Å². The lowest BCUT2D eigenvalue weighted by molar-refractivity contribution is 0.0894. The average molecular weight is 556 g/mol. The molecule has 1 aromatic carbocycles. The highest BCUT2D eigenvalue weighted by atomic mass is 28.3. The van der Waals surface area contributed by atoms with Crippen molar-refractivity contribution in [2.24, 2.45) is 16.6 Å². The SMILES string of the molecule is Cc1cccc2nc(C(C=C(N)C3CCC(OC(=O)NC(C)C)C3)=NC(C)(C)C)n(COCC[Si](C)(C)C)c12. The Bertz CT molecular complexity index is 1200. The summed E-state index contributed by atoms with van der Waals surface area (Å²) in [6, 6.07) is 7.31. The fourth-order valence-electron chi connectivity index (χ4n) is 4.78. The van der Waals surface area contributed by atoms with Gasteiger partial charge in [-0.2, -0.15) is 0 Å². The van der Waals surface area contributed by atoms with E-state index in [1.807, 2.05) is 32.1 Å². The number of nitrogens with zero attached hydrogens (tertiary/aromatic N) is 3. The zero-order chi connectivity index (χ0) is 29.0. The minimum Gasteiger partial charge on any atom is -0.446 e. The van der Waals surface area contributed by atoms with Crippen LogP contribution in [0.1, 0.15) is 65.3 Å². The summed E-state index contributed by atoms with van der Waals surface area (Å²) >= 11 is 0. The maximum Gasteiger partial charge on any atom is 0.407 e. The number of rotatable bonds is 10. The van der Waals surface area contributed by atoms with Gasteiger partial charge in [-0.15, -0.1) is 0 Å². The Labute approximate surface area is 235 Å². The van der Waals surface area contributed by atoms with Gasteiger partial charge in [0.25, 0.3) is 0 Å². The van der Waals surface area contributed by atoms with Crippen LogP contribution in [0.5, 0.6) is 0 Å². The molecule has 39 heavy (non-hydrogen) atoms. The van der Waals surface area contributed by atoms with Gasteiger partial charge < -0.3 is 20.5 Å². The number of ether oxygens (including phenoxy) is 2. The molecule has 2 unspecified atom stereocenters. The topological polar surface area (TPSA) is 104 Å². The highest BCUT2D eigenvalue weighted by molar-refractivity contribution is 6.76. The van der Waals surface area contributed by atoms with Crippen molar-refractivity contribution in [1.29, 1.82) is 0 Å². The van der Waals surface area contributed by atoms with Gasteiger partial charge in [-0.25, -0.2) is 9.78 Å². The summed E-state index contributed by atoms with van der Waals surface area (Å²) in [6.07, 6.45) is 3.81. The van der Waals surface area contributed by atoms with E-state index in [4.69, 9.17) is 25.2 Å². The molecular weight excluding hydrogens is 506 g/mol. The third kappa shape index (κ3) is 9.20. The maximum atomic E-state index is 12.1. The first-order chi connectivity index (χ1) is 18.1. The third-order valence-corrected chi connectivity index (χ3v) is 8.41. The summed E-state index contributed by atoms with van der Waals surface area (Å²) in [7, 11) is -1.21. The van der Waals surface area contributed by atoms with Gasteiger partial charge in [0.2, 0.25) is 0 Å². The van der Waals surface area contributed by atoms with Gasteiger partial charge in [-0.1, -0.05) is 31.8 Å². The molecule has 8 nitrogen and oxygen atoms in total. The summed E-state index contributed by atoms with van der Waals surface area (Å²) in [6.45, 7) is 20.4. The molecule has 1 aliphatic carbocycles. The average Bonchev–Trinajstić information content (AvgIpc) is 3.39. The number of carbonyl (C=O) groups excluding carboxylic acids is 1. The van der Waals surface area contributed by atoms with Crippen LogP contribution in [0.3, 0.4) is 0 Å². The Balaban J connectivity index is 1.92. The van der Waals surface area contributed by atoms with Gasteiger partial charge in [0.05, 0.1) is 16.6 Å². The zero-order valence-corrected chi connectivity index (χ0v) is 26.4. The highest BCUT2D eigenvalue weighted by Gasteiger charge is 2.30. The normalized spacial score (nSPS) is 19.2. The molecule has 0 radical (unpaired) electrons. The lowest BCUT2D eigenvalue weighted by Gasteiger charge is -2.19. The standard InChI is InChI=1S/C30H49N5O3Si/c1-20(2)32-29(36)38-23-14-13-22(17-23)24(31)18-26(34-30(4,5)6)28-33-25-12-10-11-21(3)27(25)35(28)19-37-15-16-39(7,8)9/h10-12,18,20,22-23H,13-17,19,31H2,1-9H3,(H,32,36). The van der Waals surface area contributed by atoms with Crippen LogP contribution >= 0.6 is 0 Å². The number of aliphatic imine (C=N–C) groups is 1. The second-order valence-electron chi connectivity index (χ2n) is 13.3. The molecular formula is C30H49N5O3Si. The molecule has 1 aromatic heterocycles. The van der Waals surface area contributed by atoms with E-state index in [9.17, 15) is 4.79 Å². The molecule has 3 rings (SSSR count). The van der Waals surface area contributed by atoms with E-state index in [0.29, 0.717) is 13.2 Å². The van der Waals surface area contributed by atoms with Crippen molar-refractivity contribution in [2.45, 2.75) is 111 Å². The number of alkyl carbamates (subject to hydrolysis) is 1. The van der Waals surface area contributed by atoms with E-state index in [1.165, 1.54) is 0 Å². The maximum absolute atomic E-state index is 12.1. The monoisotopic (exact) mass is 555 g/mol. The third-order valence-electron chi connectivity index (χ3n) is 6.71. The van der Waals surface area contributed by atoms with Gasteiger partial charge >= 0.3 is 6.09 Å². The fourth-order valence-corrected chi connectivity index (χ4v) is 5.53. The number of fused-ring (bicyclic) bond motifs is 1. The van der Waals surface area contributed by atoms with Crippen molar-refractivity contribution in [3.05, 3.63) is 41.4 Å². The summed E-state index contributed by atoms with van der Waals surface area (Å²) < 4.78 is 14.0. The van der Waals surface area contributed by atoms with Gasteiger partial charge in [-0.3, -0.25) is 9.56 Å². The van der Waals surface area contributed by atoms with Crippen LogP contribution in [0.4, 0.5) is 4.79 Å². The van der Waals surface area contributed by atoms with Crippen LogP contribution in [0, 0.1) is 12.8 Å². The lowest BCUT2D eigenvalue weighted by Crippen LogP contribution is -2.33. The van der Waals surface area contributed by atoms with E-state index >= 15 is 0 Å². The van der Waals surface area contributed by atoms with Crippen LogP contribution in [0.15, 0.2) is 35.0 Å². The number of aryl methyl sites for hydroxylation is 1. The van der Waals surface area contributed by atoms with E-state index in [1.54, 1.807) is 0 Å². The molecule has 1 amide bonds. The van der Waals surface area contributed by atoms with E-state index in [2.05, 4.69) is 63.3 Å². The van der Waals surface area contributed by atoms with Crippen molar-refractivity contribution in [3.63, 3.8) is 0 Å². The Morgan fingerprint density at radius 1 is 1.28 bits per heavy atom. The van der Waals surface area contributed by atoms with Crippen LogP contribution in [-0.2, 0) is 16.2 Å². The predicted octanol–water partition coefficient (Wildman–Crippen LogP) is 6.39. The van der Waals surface area contributed by atoms with Crippen molar-refractivity contribution in [3.8, 4) is 0 Å². The Morgan fingerprint density at radius 2 is 2.00 bits per heavy atom. The second kappa shape index (κ2) is 12.7. The number of hydrogen-bond donors (Lipinski definition) is 2. The molecule has 0 aliphatic heterocycles. The molecule has 2 atom stereocenters. The Kier molecular flexibility index (Phi) is 10.0. The minimum absolute atomic E-state index is 0.0400. The first kappa shape index (κ1) is 30.9. The Morgan fingerprint density at radius 3 is 2.64 bits per heavy atom. The van der Waals surface area contributed by atoms with Crippen LogP contribution in [0.2, 0.25) is 25.7 Å². The van der Waals surface area contributed by atoms with E-state index in [-0.39, 0.29) is 29.7 Å². The van der Waals surface area contributed by atoms with Crippen LogP contribution < -0.4 is 11.1 Å². The summed E-state index contributed by atoms with van der Waals surface area (Å²) in [5.41, 5.74) is 11.0. The fraction of sp³-hybridized carbons (Fsp3) is 0.633. The molecule has 0 spiro atoms. The number of carbonyl (C=O) groups is 1. The summed E-state index contributed by atoms with van der Waals surface area (Å²) in [4.78, 5) is 22.2. The van der Waals surface area contributed by atoms with Crippen molar-refractivity contribution in [1.82, 2.24) is 14.9 Å². The number of hydrogen-bond acceptors (Lipinski definition) is 6. The van der Waals surface area contributed by atoms with Crippen molar-refractivity contribution < 1.29 is 14.3 Å². The number of allylic oxidation sites excluding steroid dienone is 2. The van der Waals surface area contributed by atoms with Gasteiger partial charge in [0.1, 0.15) is 18.5 Å². The largest absolute Gasteiger partial charge is 0.446 e. The summed E-state index contributed by atoms with van der Waals surface area (Å²) in [5, 5.41) is 2.80. The molecule has 1 aliphatic rings. The number of nitrogens with one attached hydrogen (secondary N) is 1. The molecule has 1 fully saturated rings. The molecule has 1 heterocycles. The first-order valence-electron chi connectivity index (χ1n) is 14.2. The van der Waals surface area contributed by atoms with Crippen LogP contribution in [0.25, 0.3) is 11.0 Å². The minimum atomic E-state index is -1.21. The molecule has 3 N–H and O–H groups in total. The smallest absolute Gasteiger partial charge is 0.407 e. The number of aromatic nitrogens is 2. The number of nitrogens with two attached hydrogens (primary N) is 1. The van der Waals surface area contributed by atoms with Gasteiger partial charge in [0.15, 0.2) is 5.82 Å². The Hall–Kier alpha value is -2.65. The number of benzene rings is 1. The van der Waals surface area contributed by atoms with E-state index < -0.39 is 8.07 Å². The van der Waals surface area contributed by atoms with Gasteiger partial charge in [0, 0.05) is 32.3 Å². The summed E-state index contributed by atoms with van der Waals surface area (Å²) in [5.74, 6) is 0.867. The lowest BCUT2D eigenvalue weighted by atomic mass is 10.0. The van der Waals surface area contributed by atoms with Crippen molar-refractivity contribution >= 4 is 30.9 Å². The van der Waals surface area contributed by atoms with E-state index in [0.717, 1.165) is 59.3 Å². The number of para-hydroxylation sites is 1. The zero-order valence-electron chi connectivity index (χ0n) is 25.4. The number of amides is 1.